The van der Waals surface area contributed by atoms with Crippen LogP contribution in [-0.2, 0) is 0 Å². The summed E-state index contributed by atoms with van der Waals surface area (Å²) in [4.78, 5) is 16.9. The molecular formula is C10H5BrF2N2O. The van der Waals surface area contributed by atoms with E-state index in [4.69, 9.17) is 0 Å². The smallest absolute Gasteiger partial charge is 0.266 e. The van der Waals surface area contributed by atoms with Gasteiger partial charge in [-0.05, 0) is 28.1 Å². The third-order valence-corrected chi connectivity index (χ3v) is 2.58. The molecule has 1 N–H and O–H groups in total. The molecule has 1 heterocycles. The zero-order valence-electron chi connectivity index (χ0n) is 7.80. The number of rotatable bonds is 1. The van der Waals surface area contributed by atoms with E-state index in [1.165, 1.54) is 12.3 Å². The van der Waals surface area contributed by atoms with Crippen LogP contribution in [0.4, 0.5) is 8.78 Å². The lowest BCUT2D eigenvalue weighted by Gasteiger charge is -2.05. The molecule has 3 nitrogen and oxygen atoms in total. The molecule has 16 heavy (non-hydrogen) atoms. The average molecular weight is 287 g/mol. The molecule has 2 rings (SSSR count). The van der Waals surface area contributed by atoms with Crippen molar-refractivity contribution in [3.05, 3.63) is 51.0 Å². The first-order chi connectivity index (χ1) is 7.59. The highest BCUT2D eigenvalue weighted by molar-refractivity contribution is 9.10. The molecule has 0 saturated heterocycles. The molecule has 0 fully saturated rings. The van der Waals surface area contributed by atoms with Gasteiger partial charge in [-0.15, -0.1) is 0 Å². The fourth-order valence-electron chi connectivity index (χ4n) is 1.28. The maximum atomic E-state index is 13.6. The summed E-state index contributed by atoms with van der Waals surface area (Å²) in [5.74, 6) is -1.53. The van der Waals surface area contributed by atoms with Crippen molar-refractivity contribution in [2.45, 2.75) is 0 Å². The molecule has 0 unspecified atom stereocenters. The zero-order chi connectivity index (χ0) is 11.7. The van der Waals surface area contributed by atoms with Crippen molar-refractivity contribution in [3.63, 3.8) is 0 Å². The van der Waals surface area contributed by atoms with E-state index in [2.05, 4.69) is 25.9 Å². The van der Waals surface area contributed by atoms with E-state index in [9.17, 15) is 13.6 Å². The van der Waals surface area contributed by atoms with Gasteiger partial charge in [0.05, 0.1) is 28.1 Å². The van der Waals surface area contributed by atoms with E-state index >= 15 is 0 Å². The van der Waals surface area contributed by atoms with Gasteiger partial charge in [0.1, 0.15) is 11.6 Å². The lowest BCUT2D eigenvalue weighted by molar-refractivity contribution is 0.584. The number of hydrogen-bond donors (Lipinski definition) is 1. The first kappa shape index (κ1) is 10.9. The quantitative estimate of drug-likeness (QED) is 0.819. The summed E-state index contributed by atoms with van der Waals surface area (Å²) in [6, 6.07) is 2.36. The van der Waals surface area contributed by atoms with Gasteiger partial charge in [-0.2, -0.15) is 0 Å². The number of benzene rings is 1. The minimum Gasteiger partial charge on any atom is -0.319 e. The van der Waals surface area contributed by atoms with Gasteiger partial charge in [-0.25, -0.2) is 8.78 Å². The van der Waals surface area contributed by atoms with Gasteiger partial charge >= 0.3 is 0 Å². The fourth-order valence-corrected chi connectivity index (χ4v) is 1.61. The predicted molar refractivity (Wildman–Crippen MR) is 57.9 cm³/mol. The summed E-state index contributed by atoms with van der Waals surface area (Å²) in [6.45, 7) is 0. The second kappa shape index (κ2) is 4.13. The average Bonchev–Trinajstić information content (AvgIpc) is 2.24. The number of nitrogens with one attached hydrogen (secondary N) is 1. The summed E-state index contributed by atoms with van der Waals surface area (Å²) < 4.78 is 27.2. The molecule has 0 amide bonds. The maximum absolute atomic E-state index is 13.6. The first-order valence-electron chi connectivity index (χ1n) is 4.28. The number of H-pyrrole nitrogens is 1. The second-order valence-electron chi connectivity index (χ2n) is 3.03. The molecule has 1 aromatic heterocycles. The standard InChI is InChI=1S/C10H5BrF2N2O/c11-5-1-2-6(12)9(10(5)13)7-3-14-4-8(16)15-7/h1-4H,(H,15,16). The van der Waals surface area contributed by atoms with Crippen molar-refractivity contribution in [3.8, 4) is 11.3 Å². The van der Waals surface area contributed by atoms with Crippen molar-refractivity contribution < 1.29 is 8.78 Å². The molecule has 1 aromatic carbocycles. The normalized spacial score (nSPS) is 10.4. The van der Waals surface area contributed by atoms with Crippen LogP contribution < -0.4 is 5.56 Å². The Bertz CT molecular complexity index is 598. The van der Waals surface area contributed by atoms with Crippen LogP contribution in [0.15, 0.2) is 33.8 Å². The number of aromatic nitrogens is 2. The van der Waals surface area contributed by atoms with Crippen molar-refractivity contribution in [2.75, 3.05) is 0 Å². The Morgan fingerprint density at radius 2 is 2.00 bits per heavy atom. The molecule has 0 aliphatic carbocycles. The lowest BCUT2D eigenvalue weighted by Crippen LogP contribution is -2.07. The third-order valence-electron chi connectivity index (χ3n) is 1.97. The van der Waals surface area contributed by atoms with Gasteiger partial charge in [0.25, 0.3) is 5.56 Å². The largest absolute Gasteiger partial charge is 0.319 e. The number of aromatic amines is 1. The van der Waals surface area contributed by atoms with E-state index in [0.29, 0.717) is 0 Å². The Kier molecular flexibility index (Phi) is 2.82. The van der Waals surface area contributed by atoms with Crippen LogP contribution in [0.5, 0.6) is 0 Å². The topological polar surface area (TPSA) is 45.8 Å². The van der Waals surface area contributed by atoms with Crippen LogP contribution >= 0.6 is 15.9 Å². The zero-order valence-corrected chi connectivity index (χ0v) is 9.38. The van der Waals surface area contributed by atoms with Crippen molar-refractivity contribution in [2.24, 2.45) is 0 Å². The molecule has 0 aliphatic rings. The Labute approximate surface area is 97.3 Å². The third kappa shape index (κ3) is 1.88. The summed E-state index contributed by atoms with van der Waals surface area (Å²) >= 11 is 2.94. The van der Waals surface area contributed by atoms with Crippen LogP contribution in [0.25, 0.3) is 11.3 Å². The molecule has 0 atom stereocenters. The van der Waals surface area contributed by atoms with E-state index < -0.39 is 17.2 Å². The van der Waals surface area contributed by atoms with E-state index in [1.54, 1.807) is 0 Å². The molecular weight excluding hydrogens is 282 g/mol. The van der Waals surface area contributed by atoms with Crippen molar-refractivity contribution in [1.29, 1.82) is 0 Å². The van der Waals surface area contributed by atoms with Gasteiger partial charge in [0.2, 0.25) is 0 Å². The lowest BCUT2D eigenvalue weighted by atomic mass is 10.1. The van der Waals surface area contributed by atoms with E-state index in [1.807, 2.05) is 0 Å². The Balaban J connectivity index is 2.73. The molecule has 0 radical (unpaired) electrons. The highest BCUT2D eigenvalue weighted by atomic mass is 79.9. The Morgan fingerprint density at radius 1 is 1.25 bits per heavy atom. The van der Waals surface area contributed by atoms with Crippen LogP contribution in [0.3, 0.4) is 0 Å². The minimum atomic E-state index is -0.774. The fraction of sp³-hybridized carbons (Fsp3) is 0. The van der Waals surface area contributed by atoms with E-state index in [-0.39, 0.29) is 15.7 Å². The van der Waals surface area contributed by atoms with Gasteiger partial charge in [-0.1, -0.05) is 0 Å². The van der Waals surface area contributed by atoms with Gasteiger partial charge in [-0.3, -0.25) is 9.78 Å². The Morgan fingerprint density at radius 3 is 2.69 bits per heavy atom. The monoisotopic (exact) mass is 286 g/mol. The number of hydrogen-bond acceptors (Lipinski definition) is 2. The van der Waals surface area contributed by atoms with Crippen LogP contribution in [0.2, 0.25) is 0 Å². The van der Waals surface area contributed by atoms with Gasteiger partial charge < -0.3 is 4.98 Å². The highest BCUT2D eigenvalue weighted by Gasteiger charge is 2.15. The predicted octanol–water partition coefficient (Wildman–Crippen LogP) is 2.48. The summed E-state index contributed by atoms with van der Waals surface area (Å²) in [7, 11) is 0. The minimum absolute atomic E-state index is 0.00352. The molecule has 0 aliphatic heterocycles. The van der Waals surface area contributed by atoms with Gasteiger partial charge in [0, 0.05) is 0 Å². The summed E-state index contributed by atoms with van der Waals surface area (Å²) in [6.07, 6.45) is 2.21. The molecule has 6 heteroatoms. The Hall–Kier alpha value is -1.56. The first-order valence-corrected chi connectivity index (χ1v) is 5.07. The molecule has 0 spiro atoms. The molecule has 0 bridgehead atoms. The van der Waals surface area contributed by atoms with Crippen molar-refractivity contribution in [1.82, 2.24) is 9.97 Å². The van der Waals surface area contributed by atoms with Gasteiger partial charge in [0.15, 0.2) is 0 Å². The van der Waals surface area contributed by atoms with E-state index in [0.717, 1.165) is 12.3 Å². The highest BCUT2D eigenvalue weighted by Crippen LogP contribution is 2.28. The van der Waals surface area contributed by atoms with Crippen molar-refractivity contribution >= 4 is 15.9 Å². The number of nitrogens with zero attached hydrogens (tertiary/aromatic N) is 1. The second-order valence-corrected chi connectivity index (χ2v) is 3.88. The van der Waals surface area contributed by atoms with Crippen LogP contribution in [0.1, 0.15) is 0 Å². The molecule has 82 valence electrons. The SMILES string of the molecule is O=c1cncc(-c2c(F)ccc(Br)c2F)[nH]1. The molecule has 0 saturated carbocycles. The van der Waals surface area contributed by atoms with Crippen LogP contribution in [0, 0.1) is 11.6 Å². The van der Waals surface area contributed by atoms with Crippen LogP contribution in [-0.4, -0.2) is 9.97 Å². The summed E-state index contributed by atoms with van der Waals surface area (Å²) in [5, 5.41) is 0. The maximum Gasteiger partial charge on any atom is 0.266 e. The number of halogens is 3. The molecule has 2 aromatic rings. The summed E-state index contributed by atoms with van der Waals surface area (Å²) in [5.41, 5.74) is -0.820.